The summed E-state index contributed by atoms with van der Waals surface area (Å²) >= 11 is 0. The standard InChI is InChI=1S/C22H29N2O2/c1-16-12-21(17(2)24(16)14-20-8-5-11-26-20)22(25)15-23-10-9-18-6-3-4-7-19(18)13-23/h9-10,12-13,20H,3-8,11,14-15H2,1-2H3/q+1/t20-/m0/s1. The van der Waals surface area contributed by atoms with Gasteiger partial charge in [0.15, 0.2) is 12.4 Å². The highest BCUT2D eigenvalue weighted by molar-refractivity contribution is 5.96. The quantitative estimate of drug-likeness (QED) is 0.610. The van der Waals surface area contributed by atoms with Crippen LogP contribution in [0.4, 0.5) is 0 Å². The molecule has 0 N–H and O–H groups in total. The van der Waals surface area contributed by atoms with Gasteiger partial charge in [0.05, 0.1) is 6.10 Å². The SMILES string of the molecule is Cc1cc(C(=O)C[n+]2ccc3c(c2)CCCC3)c(C)n1C[C@@H]1CCCO1. The highest BCUT2D eigenvalue weighted by atomic mass is 16.5. The van der Waals surface area contributed by atoms with Crippen molar-refractivity contribution in [2.24, 2.45) is 0 Å². The fraction of sp³-hybridized carbons (Fsp3) is 0.545. The molecule has 26 heavy (non-hydrogen) atoms. The average molecular weight is 353 g/mol. The summed E-state index contributed by atoms with van der Waals surface area (Å²) in [6.45, 7) is 6.29. The van der Waals surface area contributed by atoms with Gasteiger partial charge in [0.1, 0.15) is 0 Å². The molecular weight excluding hydrogens is 324 g/mol. The Bertz CT molecular complexity index is 816. The summed E-state index contributed by atoms with van der Waals surface area (Å²) < 4.78 is 10.1. The number of ether oxygens (including phenoxy) is 1. The predicted octanol–water partition coefficient (Wildman–Crippen LogP) is 3.33. The van der Waals surface area contributed by atoms with Crippen LogP contribution in [0.2, 0.25) is 0 Å². The molecule has 0 unspecified atom stereocenters. The van der Waals surface area contributed by atoms with Crippen LogP contribution in [0, 0.1) is 13.8 Å². The lowest BCUT2D eigenvalue weighted by Gasteiger charge is -2.15. The average Bonchev–Trinajstić information content (AvgIpc) is 3.25. The second-order valence-corrected chi connectivity index (χ2v) is 7.83. The minimum absolute atomic E-state index is 0.192. The predicted molar refractivity (Wildman–Crippen MR) is 100 cm³/mol. The molecule has 138 valence electrons. The molecule has 4 heteroatoms. The van der Waals surface area contributed by atoms with E-state index in [1.807, 2.05) is 6.07 Å². The van der Waals surface area contributed by atoms with Gasteiger partial charge in [-0.25, -0.2) is 0 Å². The second kappa shape index (κ2) is 7.36. The number of pyridine rings is 1. The Labute approximate surface area is 155 Å². The lowest BCUT2D eigenvalue weighted by molar-refractivity contribution is -0.683. The Kier molecular flexibility index (Phi) is 4.94. The molecule has 4 rings (SSSR count). The van der Waals surface area contributed by atoms with Gasteiger partial charge in [-0.3, -0.25) is 4.79 Å². The van der Waals surface area contributed by atoms with E-state index >= 15 is 0 Å². The van der Waals surface area contributed by atoms with Crippen molar-refractivity contribution in [1.82, 2.24) is 4.57 Å². The van der Waals surface area contributed by atoms with Gasteiger partial charge in [-0.05, 0) is 64.0 Å². The van der Waals surface area contributed by atoms with Crippen LogP contribution in [0.1, 0.15) is 58.6 Å². The van der Waals surface area contributed by atoms with Crippen LogP contribution in [0.25, 0.3) is 0 Å². The molecule has 2 aromatic heterocycles. The molecule has 0 saturated carbocycles. The summed E-state index contributed by atoms with van der Waals surface area (Å²) in [7, 11) is 0. The Morgan fingerprint density at radius 1 is 1.23 bits per heavy atom. The van der Waals surface area contributed by atoms with Gasteiger partial charge < -0.3 is 9.30 Å². The summed E-state index contributed by atoms with van der Waals surface area (Å²) in [4.78, 5) is 12.9. The minimum Gasteiger partial charge on any atom is -0.376 e. The van der Waals surface area contributed by atoms with Gasteiger partial charge in [0, 0.05) is 41.7 Å². The summed E-state index contributed by atoms with van der Waals surface area (Å²) in [5, 5.41) is 0. The van der Waals surface area contributed by atoms with E-state index in [0.717, 1.165) is 49.4 Å². The first-order valence-electron chi connectivity index (χ1n) is 9.94. The number of fused-ring (bicyclic) bond motifs is 1. The third kappa shape index (κ3) is 3.48. The lowest BCUT2D eigenvalue weighted by Crippen LogP contribution is -2.38. The van der Waals surface area contributed by atoms with Crippen LogP contribution < -0.4 is 4.57 Å². The Balaban J connectivity index is 1.51. The second-order valence-electron chi connectivity index (χ2n) is 7.83. The van der Waals surface area contributed by atoms with Crippen molar-refractivity contribution < 1.29 is 14.1 Å². The van der Waals surface area contributed by atoms with Crippen molar-refractivity contribution in [2.75, 3.05) is 6.61 Å². The van der Waals surface area contributed by atoms with Crippen LogP contribution in [-0.2, 0) is 30.7 Å². The van der Waals surface area contributed by atoms with E-state index < -0.39 is 0 Å². The van der Waals surface area contributed by atoms with E-state index in [1.54, 1.807) is 0 Å². The number of carbonyl (C=O) groups is 1. The van der Waals surface area contributed by atoms with E-state index in [4.69, 9.17) is 4.74 Å². The van der Waals surface area contributed by atoms with E-state index in [-0.39, 0.29) is 11.9 Å². The molecule has 0 bridgehead atoms. The van der Waals surface area contributed by atoms with Gasteiger partial charge in [-0.2, -0.15) is 4.57 Å². The minimum atomic E-state index is 0.192. The number of nitrogens with zero attached hydrogens (tertiary/aromatic N) is 2. The molecule has 0 spiro atoms. The van der Waals surface area contributed by atoms with Gasteiger partial charge in [0.25, 0.3) is 0 Å². The smallest absolute Gasteiger partial charge is 0.229 e. The first-order chi connectivity index (χ1) is 12.6. The van der Waals surface area contributed by atoms with Gasteiger partial charge in [-0.1, -0.05) is 0 Å². The van der Waals surface area contributed by atoms with Crippen LogP contribution >= 0.6 is 0 Å². The zero-order valence-corrected chi connectivity index (χ0v) is 16.0. The molecule has 1 aliphatic heterocycles. The van der Waals surface area contributed by atoms with Gasteiger partial charge >= 0.3 is 0 Å². The molecule has 2 aliphatic rings. The van der Waals surface area contributed by atoms with Crippen molar-refractivity contribution in [3.05, 3.63) is 52.6 Å². The van der Waals surface area contributed by atoms with Crippen LogP contribution in [0.5, 0.6) is 0 Å². The van der Waals surface area contributed by atoms with Crippen LogP contribution in [-0.4, -0.2) is 23.1 Å². The Hall–Kier alpha value is -1.94. The van der Waals surface area contributed by atoms with Crippen molar-refractivity contribution in [2.45, 2.75) is 71.6 Å². The largest absolute Gasteiger partial charge is 0.376 e. The first kappa shape index (κ1) is 17.5. The maximum Gasteiger partial charge on any atom is 0.229 e. The van der Waals surface area contributed by atoms with E-state index in [2.05, 4.69) is 41.4 Å². The summed E-state index contributed by atoms with van der Waals surface area (Å²) in [5.74, 6) is 0.192. The molecular formula is C22H29N2O2+. The molecule has 2 aromatic rings. The maximum absolute atomic E-state index is 12.9. The molecule has 1 saturated heterocycles. The number of aromatic nitrogens is 2. The van der Waals surface area contributed by atoms with Gasteiger partial charge in [0.2, 0.25) is 12.3 Å². The number of carbonyl (C=O) groups excluding carboxylic acids is 1. The normalized spacial score (nSPS) is 19.5. The first-order valence-corrected chi connectivity index (χ1v) is 9.94. The lowest BCUT2D eigenvalue weighted by atomic mass is 9.93. The number of hydrogen-bond acceptors (Lipinski definition) is 2. The fourth-order valence-electron chi connectivity index (χ4n) is 4.42. The molecule has 1 aliphatic carbocycles. The molecule has 0 amide bonds. The number of rotatable bonds is 5. The third-order valence-corrected chi connectivity index (χ3v) is 5.95. The van der Waals surface area contributed by atoms with Gasteiger partial charge in [-0.15, -0.1) is 0 Å². The zero-order valence-electron chi connectivity index (χ0n) is 16.0. The van der Waals surface area contributed by atoms with Crippen molar-refractivity contribution in [3.63, 3.8) is 0 Å². The number of Topliss-reactive ketones (excluding diaryl/α,β-unsaturated/α-hetero) is 1. The molecule has 3 heterocycles. The van der Waals surface area contributed by atoms with E-state index in [1.165, 1.54) is 30.4 Å². The maximum atomic E-state index is 12.9. The zero-order chi connectivity index (χ0) is 18.1. The molecule has 4 nitrogen and oxygen atoms in total. The van der Waals surface area contributed by atoms with Crippen LogP contribution in [0.3, 0.4) is 0 Å². The fourth-order valence-corrected chi connectivity index (χ4v) is 4.42. The van der Waals surface area contributed by atoms with Crippen molar-refractivity contribution in [3.8, 4) is 0 Å². The van der Waals surface area contributed by atoms with Crippen molar-refractivity contribution in [1.29, 1.82) is 0 Å². The highest BCUT2D eigenvalue weighted by Gasteiger charge is 2.23. The van der Waals surface area contributed by atoms with E-state index in [0.29, 0.717) is 6.54 Å². The summed E-state index contributed by atoms with van der Waals surface area (Å²) in [6, 6.07) is 4.24. The monoisotopic (exact) mass is 353 g/mol. The Morgan fingerprint density at radius 3 is 2.81 bits per heavy atom. The van der Waals surface area contributed by atoms with Crippen molar-refractivity contribution >= 4 is 5.78 Å². The Morgan fingerprint density at radius 2 is 2.04 bits per heavy atom. The number of ketones is 1. The molecule has 0 aromatic carbocycles. The summed E-state index contributed by atoms with van der Waals surface area (Å²) in [6.07, 6.45) is 11.6. The van der Waals surface area contributed by atoms with Crippen LogP contribution in [0.15, 0.2) is 24.5 Å². The summed E-state index contributed by atoms with van der Waals surface area (Å²) in [5.41, 5.74) is 5.94. The number of aryl methyl sites for hydroxylation is 3. The van der Waals surface area contributed by atoms with E-state index in [9.17, 15) is 4.79 Å². The topological polar surface area (TPSA) is 35.1 Å². The molecule has 0 radical (unpaired) electrons. The molecule has 1 atom stereocenters. The molecule has 1 fully saturated rings. The highest BCUT2D eigenvalue weighted by Crippen LogP contribution is 2.21. The third-order valence-electron chi connectivity index (χ3n) is 5.95. The number of hydrogen-bond donors (Lipinski definition) is 0.